The number of anilines is 6. The highest BCUT2D eigenvalue weighted by atomic mass is 15.2. The van der Waals surface area contributed by atoms with Crippen molar-refractivity contribution in [3.63, 3.8) is 0 Å². The fourth-order valence-electron chi connectivity index (χ4n) is 16.9. The molecular formula is C102H66BN5. The second-order valence-corrected chi connectivity index (χ2v) is 27.6. The molecule has 3 aromatic heterocycles. The summed E-state index contributed by atoms with van der Waals surface area (Å²) in [4.78, 5) is 4.53. The van der Waals surface area contributed by atoms with E-state index in [1.165, 1.54) is 0 Å². The number of hydrogen-bond acceptors (Lipinski definition) is 2. The molecule has 0 saturated carbocycles. The van der Waals surface area contributed by atoms with E-state index in [0.29, 0.717) is 45.5 Å². The minimum Gasteiger partial charge on any atom is -0.311 e. The Labute approximate surface area is 648 Å². The molecule has 6 heteroatoms. The van der Waals surface area contributed by atoms with Gasteiger partial charge in [0.15, 0.2) is 0 Å². The quantitative estimate of drug-likeness (QED) is 0.120. The topological polar surface area (TPSA) is 21.3 Å². The molecule has 20 aromatic rings. The summed E-state index contributed by atoms with van der Waals surface area (Å²) in [7, 11) is 0. The molecule has 502 valence electrons. The van der Waals surface area contributed by atoms with E-state index < -0.39 is 103 Å². The van der Waals surface area contributed by atoms with Gasteiger partial charge < -0.3 is 23.5 Å². The van der Waals surface area contributed by atoms with Crippen LogP contribution in [0.5, 0.6) is 0 Å². The van der Waals surface area contributed by atoms with E-state index in [1.54, 1.807) is 9.13 Å². The monoisotopic (exact) mass is 1390 g/mol. The van der Waals surface area contributed by atoms with Gasteiger partial charge in [0, 0.05) is 89.1 Å². The number of aromatic nitrogens is 3. The van der Waals surface area contributed by atoms with Gasteiger partial charge in [-0.25, -0.2) is 0 Å². The highest BCUT2D eigenvalue weighted by Crippen LogP contribution is 2.52. The molecule has 0 amide bonds. The first kappa shape index (κ1) is 47.2. The van der Waals surface area contributed by atoms with Gasteiger partial charge in [-0.2, -0.15) is 0 Å². The van der Waals surface area contributed by atoms with Crippen LogP contribution in [0.15, 0.2) is 400 Å². The normalized spacial score (nSPS) is 14.5. The van der Waals surface area contributed by atoms with Gasteiger partial charge in [0.05, 0.1) is 55.0 Å². The van der Waals surface area contributed by atoms with Crippen LogP contribution >= 0.6 is 0 Å². The van der Waals surface area contributed by atoms with Crippen molar-refractivity contribution in [2.24, 2.45) is 0 Å². The Morgan fingerprint density at radius 2 is 0.565 bits per heavy atom. The summed E-state index contributed by atoms with van der Waals surface area (Å²) in [6, 6.07) is 95.2. The van der Waals surface area contributed by atoms with E-state index in [0.717, 1.165) is 111 Å². The third kappa shape index (κ3) is 9.74. The summed E-state index contributed by atoms with van der Waals surface area (Å²) >= 11 is 0. The molecule has 5 nitrogen and oxygen atoms in total. The molecular weight excluding hydrogens is 1310 g/mol. The van der Waals surface area contributed by atoms with Crippen molar-refractivity contribution in [1.29, 1.82) is 0 Å². The van der Waals surface area contributed by atoms with Crippen molar-refractivity contribution in [2.45, 2.75) is 0 Å². The molecule has 17 aromatic carbocycles. The summed E-state index contributed by atoms with van der Waals surface area (Å²) < 4.78 is 157. The van der Waals surface area contributed by atoms with E-state index in [4.69, 9.17) is 5.48 Å². The number of benzene rings is 17. The Morgan fingerprint density at radius 1 is 0.213 bits per heavy atom. The van der Waals surface area contributed by atoms with Gasteiger partial charge in [0.1, 0.15) is 0 Å². The first-order valence-electron chi connectivity index (χ1n) is 44.0. The summed E-state index contributed by atoms with van der Waals surface area (Å²) in [6.45, 7) is -0.789. The number of rotatable bonds is 11. The van der Waals surface area contributed by atoms with E-state index in [1.807, 2.05) is 146 Å². The lowest BCUT2D eigenvalue weighted by Gasteiger charge is -2.45. The van der Waals surface area contributed by atoms with Gasteiger partial charge in [0.25, 0.3) is 6.71 Å². The average molecular weight is 1390 g/mol. The summed E-state index contributed by atoms with van der Waals surface area (Å²) in [5.74, 6) is 0. The van der Waals surface area contributed by atoms with Crippen LogP contribution in [0.1, 0.15) is 21.9 Å². The predicted octanol–water partition coefficient (Wildman–Crippen LogP) is 25.1. The first-order chi connectivity index (χ1) is 60.2. The maximum Gasteiger partial charge on any atom is 0.252 e. The molecule has 2 aliphatic heterocycles. The number of para-hydroxylation sites is 6. The average Bonchev–Trinajstić information content (AvgIpc) is 1.33. The predicted molar refractivity (Wildman–Crippen MR) is 456 cm³/mol. The summed E-state index contributed by atoms with van der Waals surface area (Å²) in [6.07, 6.45) is 0. The van der Waals surface area contributed by atoms with Crippen molar-refractivity contribution in [3.05, 3.63) is 400 Å². The fourth-order valence-corrected chi connectivity index (χ4v) is 16.9. The third-order valence-corrected chi connectivity index (χ3v) is 21.6. The minimum absolute atomic E-state index is 0.0606. The lowest BCUT2D eigenvalue weighted by molar-refractivity contribution is 1.17. The molecule has 0 spiro atoms. The maximum atomic E-state index is 9.89. The van der Waals surface area contributed by atoms with Crippen LogP contribution in [0.3, 0.4) is 0 Å². The molecule has 0 radical (unpaired) electrons. The molecule has 0 atom stereocenters. The SMILES string of the molecule is [2H]c1c([2H])c([2H])c2c(c1[2H])c1c([2H])c([2H])c([2H])c([2H])c1n2-c1ccc2c(c1)N(c1cc(-c3ccccc3)cc(-c3ccccc3)c1)c1cc(-c3cc(-c4ccccc4)c4c(c3)c3ccccc3n4-c3ccccc3)cc3c1B2c1ccc(-n2c4c([2H])c([2H])c([2H])c([2H])c4c4c([2H])c([2H])c([2H])c([2H])c42)cc1N3c1cc(-c2ccccc2)cc(-c2ccccc2)c1. The van der Waals surface area contributed by atoms with Gasteiger partial charge in [0.2, 0.25) is 0 Å². The molecule has 0 N–H and O–H groups in total. The second kappa shape index (κ2) is 24.7. The van der Waals surface area contributed by atoms with Crippen LogP contribution in [0.4, 0.5) is 34.1 Å². The molecule has 0 fully saturated rings. The molecule has 0 bridgehead atoms. The molecule has 0 unspecified atom stereocenters. The summed E-state index contributed by atoms with van der Waals surface area (Å²) in [5, 5.41) is 1.64. The Morgan fingerprint density at radius 3 is 0.981 bits per heavy atom. The van der Waals surface area contributed by atoms with Crippen molar-refractivity contribution in [3.8, 4) is 83.8 Å². The Hall–Kier alpha value is -14.2. The smallest absolute Gasteiger partial charge is 0.252 e. The number of hydrogen-bond donors (Lipinski definition) is 0. The van der Waals surface area contributed by atoms with E-state index in [-0.39, 0.29) is 43.6 Å². The van der Waals surface area contributed by atoms with Gasteiger partial charge in [-0.1, -0.05) is 273 Å². The minimum atomic E-state index is -0.789. The Balaban J connectivity index is 0.941. The fraction of sp³-hybridized carbons (Fsp3) is 0. The van der Waals surface area contributed by atoms with Gasteiger partial charge in [-0.3, -0.25) is 0 Å². The van der Waals surface area contributed by atoms with Crippen LogP contribution < -0.4 is 26.2 Å². The van der Waals surface area contributed by atoms with Crippen molar-refractivity contribution < 1.29 is 21.9 Å². The summed E-state index contributed by atoms with van der Waals surface area (Å²) in [5.41, 5.74) is 20.1. The Bertz CT molecular complexity index is 7370. The Kier molecular flexibility index (Phi) is 10.8. The third-order valence-electron chi connectivity index (χ3n) is 21.6. The van der Waals surface area contributed by atoms with Crippen molar-refractivity contribution in [1.82, 2.24) is 13.7 Å². The zero-order valence-electron chi connectivity index (χ0n) is 73.7. The standard InChI is InChI=1S/C102H66BN5/c1-7-29-67(30-8-1)72-55-73(68-31-9-2-10-32-68)58-81(57-72)106-97-65-79(104-92-46-24-19-41-83(92)84-42-20-25-47-93(84)104)51-53-90(97)103-91-54-52-80(105-94-48-26-21-43-85(94)86-44-22-27-49-95(86)105)66-98(91)107(82-59-74(69-33-11-3-12-34-69)56-75(60-82)70-35-13-4-14-36-70)100-64-77(63-99(106)101(100)103)76-61-88(71-37-15-5-16-38-71)102-89(62-76)87-45-23-28-50-96(87)108(102)78-39-17-6-18-40-78/h1-66H/i19D,20D,21D,22D,24D,25D,26D,27D,41D,42D,43D,44D,46D,47D,48D,49D. The van der Waals surface area contributed by atoms with Crippen LogP contribution in [0, 0.1) is 0 Å². The highest BCUT2D eigenvalue weighted by molar-refractivity contribution is 7.00. The van der Waals surface area contributed by atoms with Gasteiger partial charge in [-0.15, -0.1) is 0 Å². The molecule has 22 rings (SSSR count). The molecule has 2 aliphatic rings. The van der Waals surface area contributed by atoms with E-state index in [9.17, 15) is 16.4 Å². The van der Waals surface area contributed by atoms with Crippen LogP contribution in [-0.2, 0) is 0 Å². The second-order valence-electron chi connectivity index (χ2n) is 27.6. The van der Waals surface area contributed by atoms with E-state index >= 15 is 0 Å². The lowest BCUT2D eigenvalue weighted by atomic mass is 9.33. The van der Waals surface area contributed by atoms with Gasteiger partial charge >= 0.3 is 0 Å². The first-order valence-corrected chi connectivity index (χ1v) is 36.0. The van der Waals surface area contributed by atoms with Crippen molar-refractivity contribution >= 4 is 123 Å². The van der Waals surface area contributed by atoms with Crippen molar-refractivity contribution in [2.75, 3.05) is 9.80 Å². The number of fused-ring (bicyclic) bond motifs is 13. The van der Waals surface area contributed by atoms with Crippen LogP contribution in [-0.4, -0.2) is 20.4 Å². The van der Waals surface area contributed by atoms with Gasteiger partial charge in [-0.05, 0) is 205 Å². The van der Waals surface area contributed by atoms with Crippen LogP contribution in [0.2, 0.25) is 0 Å². The highest BCUT2D eigenvalue weighted by Gasteiger charge is 2.45. The lowest BCUT2D eigenvalue weighted by Crippen LogP contribution is -2.61. The molecule has 108 heavy (non-hydrogen) atoms. The van der Waals surface area contributed by atoms with E-state index in [2.05, 4.69) is 172 Å². The van der Waals surface area contributed by atoms with Crippen LogP contribution in [0.25, 0.3) is 149 Å². The molecule has 5 heterocycles. The molecule has 0 saturated heterocycles. The zero-order valence-corrected chi connectivity index (χ0v) is 57.7. The molecule has 0 aliphatic carbocycles. The number of nitrogens with zero attached hydrogens (tertiary/aromatic N) is 5. The zero-order chi connectivity index (χ0) is 84.8. The maximum absolute atomic E-state index is 9.89. The largest absolute Gasteiger partial charge is 0.311 e.